The van der Waals surface area contributed by atoms with E-state index in [2.05, 4.69) is 20.7 Å². The van der Waals surface area contributed by atoms with Crippen LogP contribution in [0.5, 0.6) is 0 Å². The SMILES string of the molecule is C[C@H](Cc1ccco1)NS(=O)(=O)c1ccc(Br)s1. The zero-order valence-electron chi connectivity index (χ0n) is 9.59. The molecule has 1 atom stereocenters. The first-order valence-electron chi connectivity index (χ1n) is 5.27. The first kappa shape index (κ1) is 13.8. The van der Waals surface area contributed by atoms with E-state index in [0.717, 1.165) is 9.55 Å². The Morgan fingerprint density at radius 2 is 2.22 bits per heavy atom. The highest BCUT2D eigenvalue weighted by Gasteiger charge is 2.19. The van der Waals surface area contributed by atoms with Gasteiger partial charge in [-0.3, -0.25) is 0 Å². The summed E-state index contributed by atoms with van der Waals surface area (Å²) in [4.78, 5) is 0. The summed E-state index contributed by atoms with van der Waals surface area (Å²) in [5.74, 6) is 0.762. The predicted molar refractivity (Wildman–Crippen MR) is 74.2 cm³/mol. The maximum Gasteiger partial charge on any atom is 0.250 e. The smallest absolute Gasteiger partial charge is 0.250 e. The van der Waals surface area contributed by atoms with Crippen LogP contribution in [0, 0.1) is 0 Å². The molecule has 2 heterocycles. The topological polar surface area (TPSA) is 59.3 Å². The molecule has 7 heteroatoms. The molecule has 0 bridgehead atoms. The van der Waals surface area contributed by atoms with Crippen molar-refractivity contribution >= 4 is 37.3 Å². The third-order valence-electron chi connectivity index (χ3n) is 2.26. The Hall–Kier alpha value is -0.630. The van der Waals surface area contributed by atoms with Gasteiger partial charge >= 0.3 is 0 Å². The van der Waals surface area contributed by atoms with Crippen LogP contribution in [-0.4, -0.2) is 14.5 Å². The Kier molecular flexibility index (Phi) is 4.26. The summed E-state index contributed by atoms with van der Waals surface area (Å²) in [5, 5.41) is 0. The molecule has 0 fully saturated rings. The summed E-state index contributed by atoms with van der Waals surface area (Å²) in [6.07, 6.45) is 2.10. The molecule has 0 saturated heterocycles. The van der Waals surface area contributed by atoms with Crippen LogP contribution in [0.2, 0.25) is 0 Å². The van der Waals surface area contributed by atoms with Crippen molar-refractivity contribution < 1.29 is 12.8 Å². The number of thiophene rings is 1. The summed E-state index contributed by atoms with van der Waals surface area (Å²) >= 11 is 4.44. The highest BCUT2D eigenvalue weighted by molar-refractivity contribution is 9.11. The van der Waals surface area contributed by atoms with Gasteiger partial charge in [-0.1, -0.05) is 0 Å². The molecule has 0 aliphatic heterocycles. The third-order valence-corrected chi connectivity index (χ3v) is 5.96. The molecule has 0 amide bonds. The fourth-order valence-electron chi connectivity index (χ4n) is 1.54. The van der Waals surface area contributed by atoms with Crippen molar-refractivity contribution in [3.63, 3.8) is 0 Å². The molecule has 2 rings (SSSR count). The van der Waals surface area contributed by atoms with Crippen LogP contribution >= 0.6 is 27.3 Å². The monoisotopic (exact) mass is 349 g/mol. The molecule has 0 saturated carbocycles. The van der Waals surface area contributed by atoms with Gasteiger partial charge in [-0.2, -0.15) is 0 Å². The summed E-state index contributed by atoms with van der Waals surface area (Å²) in [6, 6.07) is 6.69. The summed E-state index contributed by atoms with van der Waals surface area (Å²) in [6.45, 7) is 1.81. The summed E-state index contributed by atoms with van der Waals surface area (Å²) in [7, 11) is -3.45. The van der Waals surface area contributed by atoms with Crippen molar-refractivity contribution in [3.05, 3.63) is 40.1 Å². The van der Waals surface area contributed by atoms with E-state index in [0.29, 0.717) is 10.6 Å². The number of hydrogen-bond donors (Lipinski definition) is 1. The number of nitrogens with one attached hydrogen (secondary N) is 1. The molecular formula is C11H12BrNO3S2. The van der Waals surface area contributed by atoms with Crippen molar-refractivity contribution in [1.82, 2.24) is 4.72 Å². The van der Waals surface area contributed by atoms with Crippen molar-refractivity contribution in [1.29, 1.82) is 0 Å². The largest absolute Gasteiger partial charge is 0.469 e. The molecule has 0 aliphatic carbocycles. The van der Waals surface area contributed by atoms with Crippen LogP contribution in [-0.2, 0) is 16.4 Å². The molecule has 18 heavy (non-hydrogen) atoms. The highest BCUT2D eigenvalue weighted by atomic mass is 79.9. The lowest BCUT2D eigenvalue weighted by atomic mass is 10.2. The van der Waals surface area contributed by atoms with Gasteiger partial charge in [-0.15, -0.1) is 11.3 Å². The second-order valence-electron chi connectivity index (χ2n) is 3.86. The Bertz CT molecular complexity index is 604. The van der Waals surface area contributed by atoms with Gasteiger partial charge in [0.25, 0.3) is 0 Å². The third kappa shape index (κ3) is 3.44. The molecule has 0 spiro atoms. The minimum Gasteiger partial charge on any atom is -0.469 e. The Balaban J connectivity index is 2.04. The molecular weight excluding hydrogens is 338 g/mol. The standard InChI is InChI=1S/C11H12BrNO3S2/c1-8(7-9-3-2-6-16-9)13-18(14,15)11-5-4-10(12)17-11/h2-6,8,13H,7H2,1H3/t8-/m1/s1. The van der Waals surface area contributed by atoms with Gasteiger partial charge in [0.05, 0.1) is 10.0 Å². The zero-order chi connectivity index (χ0) is 13.2. The lowest BCUT2D eigenvalue weighted by Crippen LogP contribution is -2.33. The molecule has 0 radical (unpaired) electrons. The minimum absolute atomic E-state index is 0.220. The van der Waals surface area contributed by atoms with Gasteiger partial charge in [0, 0.05) is 12.5 Å². The molecule has 98 valence electrons. The fraction of sp³-hybridized carbons (Fsp3) is 0.273. The van der Waals surface area contributed by atoms with Gasteiger partial charge < -0.3 is 4.42 Å². The molecule has 2 aromatic rings. The van der Waals surface area contributed by atoms with Gasteiger partial charge in [0.15, 0.2) is 0 Å². The Morgan fingerprint density at radius 3 is 2.78 bits per heavy atom. The van der Waals surface area contributed by atoms with E-state index in [1.54, 1.807) is 24.5 Å². The van der Waals surface area contributed by atoms with Crippen molar-refractivity contribution in [2.24, 2.45) is 0 Å². The Labute approximate surface area is 118 Å². The average Bonchev–Trinajstić information content (AvgIpc) is 2.88. The van der Waals surface area contributed by atoms with Crippen LogP contribution in [0.15, 0.2) is 42.9 Å². The number of sulfonamides is 1. The molecule has 4 nitrogen and oxygen atoms in total. The summed E-state index contributed by atoms with van der Waals surface area (Å²) in [5.41, 5.74) is 0. The van der Waals surface area contributed by atoms with Crippen LogP contribution in [0.3, 0.4) is 0 Å². The normalized spacial score (nSPS) is 13.7. The minimum atomic E-state index is -3.45. The predicted octanol–water partition coefficient (Wildman–Crippen LogP) is 3.01. The van der Waals surface area contributed by atoms with Crippen LogP contribution < -0.4 is 4.72 Å². The quantitative estimate of drug-likeness (QED) is 0.902. The second kappa shape index (κ2) is 5.56. The van der Waals surface area contributed by atoms with Crippen LogP contribution in [0.4, 0.5) is 0 Å². The molecule has 0 aliphatic rings. The number of furan rings is 1. The molecule has 0 unspecified atom stereocenters. The first-order valence-corrected chi connectivity index (χ1v) is 8.37. The highest BCUT2D eigenvalue weighted by Crippen LogP contribution is 2.26. The first-order chi connectivity index (χ1) is 8.47. The van der Waals surface area contributed by atoms with Gasteiger partial charge in [0.1, 0.15) is 9.97 Å². The van der Waals surface area contributed by atoms with Crippen LogP contribution in [0.1, 0.15) is 12.7 Å². The van der Waals surface area contributed by atoms with E-state index < -0.39 is 10.0 Å². The number of hydrogen-bond acceptors (Lipinski definition) is 4. The van der Waals surface area contributed by atoms with Gasteiger partial charge in [-0.05, 0) is 47.1 Å². The molecule has 1 N–H and O–H groups in total. The van der Waals surface area contributed by atoms with E-state index in [4.69, 9.17) is 4.42 Å². The van der Waals surface area contributed by atoms with Crippen molar-refractivity contribution in [3.8, 4) is 0 Å². The zero-order valence-corrected chi connectivity index (χ0v) is 12.8. The number of rotatable bonds is 5. The van der Waals surface area contributed by atoms with E-state index in [1.165, 1.54) is 11.3 Å². The Morgan fingerprint density at radius 1 is 1.44 bits per heavy atom. The fourth-order valence-corrected chi connectivity index (χ4v) is 4.81. The lowest BCUT2D eigenvalue weighted by molar-refractivity contribution is 0.479. The van der Waals surface area contributed by atoms with E-state index in [1.807, 2.05) is 13.0 Å². The molecule has 2 aromatic heterocycles. The maximum atomic E-state index is 12.0. The van der Waals surface area contributed by atoms with E-state index in [-0.39, 0.29) is 6.04 Å². The van der Waals surface area contributed by atoms with E-state index >= 15 is 0 Å². The maximum absolute atomic E-state index is 12.0. The molecule has 0 aromatic carbocycles. The lowest BCUT2D eigenvalue weighted by Gasteiger charge is -2.11. The van der Waals surface area contributed by atoms with Gasteiger partial charge in [-0.25, -0.2) is 13.1 Å². The van der Waals surface area contributed by atoms with Gasteiger partial charge in [0.2, 0.25) is 10.0 Å². The van der Waals surface area contributed by atoms with Crippen molar-refractivity contribution in [2.45, 2.75) is 23.6 Å². The van der Waals surface area contributed by atoms with E-state index in [9.17, 15) is 8.42 Å². The second-order valence-corrected chi connectivity index (χ2v) is 8.27. The summed E-state index contributed by atoms with van der Waals surface area (Å²) < 4.78 is 33.0. The number of halogens is 1. The average molecular weight is 350 g/mol. The van der Waals surface area contributed by atoms with Crippen molar-refractivity contribution in [2.75, 3.05) is 0 Å². The van der Waals surface area contributed by atoms with Crippen LogP contribution in [0.25, 0.3) is 0 Å².